The first-order chi connectivity index (χ1) is 6.47. The molecule has 3 nitrogen and oxygen atoms in total. The van der Waals surface area contributed by atoms with Crippen molar-refractivity contribution < 1.29 is 9.84 Å². The lowest BCUT2D eigenvalue weighted by atomic mass is 10.1. The fraction of sp³-hybridized carbons (Fsp3) is 0.500. The second kappa shape index (κ2) is 4.75. The predicted molar refractivity (Wildman–Crippen MR) is 58.3 cm³/mol. The highest BCUT2D eigenvalue weighted by Crippen LogP contribution is 2.15. The van der Waals surface area contributed by atoms with E-state index >= 15 is 0 Å². The minimum atomic E-state index is -0.688. The highest BCUT2D eigenvalue weighted by atomic mass is 79.9. The summed E-state index contributed by atoms with van der Waals surface area (Å²) in [7, 11) is 0. The Morgan fingerprint density at radius 1 is 1.57 bits per heavy atom. The van der Waals surface area contributed by atoms with Gasteiger partial charge in [0.15, 0.2) is 0 Å². The second-order valence-electron chi connectivity index (χ2n) is 3.72. The van der Waals surface area contributed by atoms with E-state index in [0.29, 0.717) is 18.9 Å². The van der Waals surface area contributed by atoms with Crippen LogP contribution < -0.4 is 4.74 Å². The molecular weight excluding hydrogens is 246 g/mol. The molecular formula is C10H14BrNO2. The molecule has 0 saturated carbocycles. The van der Waals surface area contributed by atoms with Crippen LogP contribution in [0, 0.1) is 0 Å². The monoisotopic (exact) mass is 259 g/mol. The number of aliphatic hydroxyl groups is 1. The lowest BCUT2D eigenvalue weighted by molar-refractivity contribution is 0.0547. The molecule has 1 N–H and O–H groups in total. The number of hydrogen-bond donors (Lipinski definition) is 1. The van der Waals surface area contributed by atoms with Gasteiger partial charge >= 0.3 is 0 Å². The van der Waals surface area contributed by atoms with Crippen molar-refractivity contribution in [1.29, 1.82) is 0 Å². The Kier molecular flexibility index (Phi) is 3.89. The fourth-order valence-corrected chi connectivity index (χ4v) is 1.18. The molecule has 0 aliphatic carbocycles. The zero-order valence-corrected chi connectivity index (χ0v) is 9.91. The third kappa shape index (κ3) is 4.58. The molecule has 78 valence electrons. The molecule has 1 heterocycles. The molecule has 0 aliphatic rings. The summed E-state index contributed by atoms with van der Waals surface area (Å²) in [6.45, 7) is 3.97. The number of aromatic nitrogens is 1. The maximum Gasteiger partial charge on any atom is 0.214 e. The van der Waals surface area contributed by atoms with E-state index in [1.165, 1.54) is 0 Å². The Hall–Kier alpha value is -0.610. The second-order valence-corrected chi connectivity index (χ2v) is 4.64. The number of ether oxygens (including phenoxy) is 1. The number of hydrogen-bond acceptors (Lipinski definition) is 3. The molecule has 14 heavy (non-hydrogen) atoms. The molecule has 0 amide bonds. The van der Waals surface area contributed by atoms with E-state index in [1.807, 2.05) is 6.07 Å². The molecule has 0 radical (unpaired) electrons. The summed E-state index contributed by atoms with van der Waals surface area (Å²) < 4.78 is 6.30. The summed E-state index contributed by atoms with van der Waals surface area (Å²) in [6, 6.07) is 3.63. The van der Waals surface area contributed by atoms with Gasteiger partial charge in [-0.2, -0.15) is 0 Å². The van der Waals surface area contributed by atoms with Gasteiger partial charge in [-0.15, -0.1) is 0 Å². The van der Waals surface area contributed by atoms with Crippen LogP contribution in [0.5, 0.6) is 5.88 Å². The molecule has 0 atom stereocenters. The van der Waals surface area contributed by atoms with Crippen molar-refractivity contribution in [2.45, 2.75) is 25.9 Å². The highest BCUT2D eigenvalue weighted by Gasteiger charge is 2.12. The van der Waals surface area contributed by atoms with Crippen LogP contribution in [0.15, 0.2) is 22.8 Å². The van der Waals surface area contributed by atoms with Gasteiger partial charge in [-0.1, -0.05) is 15.9 Å². The Balaban J connectivity index is 2.39. The number of nitrogens with zero attached hydrogens (tertiary/aromatic N) is 1. The van der Waals surface area contributed by atoms with Gasteiger partial charge in [-0.3, -0.25) is 0 Å². The van der Waals surface area contributed by atoms with Gasteiger partial charge in [0.05, 0.1) is 12.2 Å². The van der Waals surface area contributed by atoms with Gasteiger partial charge in [0.25, 0.3) is 0 Å². The van der Waals surface area contributed by atoms with Gasteiger partial charge in [0.2, 0.25) is 5.88 Å². The van der Waals surface area contributed by atoms with Crippen LogP contribution >= 0.6 is 15.9 Å². The van der Waals surface area contributed by atoms with E-state index in [-0.39, 0.29) is 0 Å². The minimum absolute atomic E-state index is 0.465. The average Bonchev–Trinajstić information content (AvgIpc) is 2.01. The van der Waals surface area contributed by atoms with Crippen molar-refractivity contribution >= 4 is 15.9 Å². The van der Waals surface area contributed by atoms with Crippen LogP contribution in [-0.2, 0) is 0 Å². The van der Waals surface area contributed by atoms with Crippen LogP contribution in [0.1, 0.15) is 20.3 Å². The Bertz CT molecular complexity index is 296. The average molecular weight is 260 g/mol. The van der Waals surface area contributed by atoms with Gasteiger partial charge < -0.3 is 9.84 Å². The first-order valence-corrected chi connectivity index (χ1v) is 5.23. The zero-order valence-electron chi connectivity index (χ0n) is 8.33. The topological polar surface area (TPSA) is 42.4 Å². The predicted octanol–water partition coefficient (Wildman–Crippen LogP) is 2.38. The fourth-order valence-electron chi connectivity index (χ4n) is 0.870. The summed E-state index contributed by atoms with van der Waals surface area (Å²) in [6.07, 6.45) is 2.25. The van der Waals surface area contributed by atoms with Crippen LogP contribution in [0.2, 0.25) is 0 Å². The van der Waals surface area contributed by atoms with Crippen molar-refractivity contribution in [3.05, 3.63) is 22.8 Å². The minimum Gasteiger partial charge on any atom is -0.478 e. The molecule has 4 heteroatoms. The molecule has 0 fully saturated rings. The third-order valence-corrected chi connectivity index (χ3v) is 2.15. The summed E-state index contributed by atoms with van der Waals surface area (Å²) in [5, 5.41) is 9.44. The Morgan fingerprint density at radius 2 is 2.29 bits per heavy atom. The Morgan fingerprint density at radius 3 is 2.86 bits per heavy atom. The van der Waals surface area contributed by atoms with E-state index < -0.39 is 5.60 Å². The molecule has 0 aliphatic heterocycles. The van der Waals surface area contributed by atoms with E-state index in [0.717, 1.165) is 4.47 Å². The zero-order chi connectivity index (χ0) is 10.6. The number of halogens is 1. The first kappa shape index (κ1) is 11.5. The lowest BCUT2D eigenvalue weighted by Gasteiger charge is -2.16. The van der Waals surface area contributed by atoms with Crippen LogP contribution in [-0.4, -0.2) is 22.3 Å². The standard InChI is InChI=1S/C10H14BrNO2/c1-10(2,13)4-6-14-9-7-8(11)3-5-12-9/h3,5,7,13H,4,6H2,1-2H3. The van der Waals surface area contributed by atoms with Gasteiger partial charge in [-0.25, -0.2) is 4.98 Å². The molecule has 0 spiro atoms. The van der Waals surface area contributed by atoms with Gasteiger partial charge in [-0.05, 0) is 19.9 Å². The van der Waals surface area contributed by atoms with Crippen LogP contribution in [0.3, 0.4) is 0 Å². The van der Waals surface area contributed by atoms with E-state index in [2.05, 4.69) is 20.9 Å². The lowest BCUT2D eigenvalue weighted by Crippen LogP contribution is -2.21. The summed E-state index contributed by atoms with van der Waals surface area (Å²) in [5.74, 6) is 0.573. The quantitative estimate of drug-likeness (QED) is 0.903. The summed E-state index contributed by atoms with van der Waals surface area (Å²) in [5.41, 5.74) is -0.688. The first-order valence-electron chi connectivity index (χ1n) is 4.44. The maximum absolute atomic E-state index is 9.44. The van der Waals surface area contributed by atoms with Gasteiger partial charge in [0.1, 0.15) is 0 Å². The van der Waals surface area contributed by atoms with Crippen molar-refractivity contribution in [3.63, 3.8) is 0 Å². The van der Waals surface area contributed by atoms with Crippen molar-refractivity contribution in [3.8, 4) is 5.88 Å². The molecule has 0 saturated heterocycles. The number of pyridine rings is 1. The molecule has 0 unspecified atom stereocenters. The molecule has 0 aromatic carbocycles. The number of rotatable bonds is 4. The third-order valence-electron chi connectivity index (χ3n) is 1.66. The van der Waals surface area contributed by atoms with Crippen LogP contribution in [0.4, 0.5) is 0 Å². The van der Waals surface area contributed by atoms with Gasteiger partial charge in [0, 0.05) is 23.2 Å². The van der Waals surface area contributed by atoms with Crippen LogP contribution in [0.25, 0.3) is 0 Å². The molecule has 1 aromatic rings. The van der Waals surface area contributed by atoms with E-state index in [1.54, 1.807) is 26.1 Å². The van der Waals surface area contributed by atoms with E-state index in [9.17, 15) is 5.11 Å². The van der Waals surface area contributed by atoms with Crippen molar-refractivity contribution in [2.24, 2.45) is 0 Å². The molecule has 1 aromatic heterocycles. The van der Waals surface area contributed by atoms with Crippen molar-refractivity contribution in [2.75, 3.05) is 6.61 Å². The largest absolute Gasteiger partial charge is 0.478 e. The van der Waals surface area contributed by atoms with Crippen molar-refractivity contribution in [1.82, 2.24) is 4.98 Å². The summed E-state index contributed by atoms with van der Waals surface area (Å²) in [4.78, 5) is 4.03. The SMILES string of the molecule is CC(C)(O)CCOc1cc(Br)ccn1. The normalized spacial score (nSPS) is 11.4. The smallest absolute Gasteiger partial charge is 0.214 e. The van der Waals surface area contributed by atoms with E-state index in [4.69, 9.17) is 4.74 Å². The maximum atomic E-state index is 9.44. The highest BCUT2D eigenvalue weighted by molar-refractivity contribution is 9.10. The Labute approximate surface area is 92.3 Å². The molecule has 0 bridgehead atoms. The summed E-state index contributed by atoms with van der Waals surface area (Å²) >= 11 is 3.32. The molecule has 1 rings (SSSR count).